The van der Waals surface area contributed by atoms with Gasteiger partial charge in [-0.3, -0.25) is 4.79 Å². The Morgan fingerprint density at radius 3 is 2.21 bits per heavy atom. The second-order valence-corrected chi connectivity index (χ2v) is 7.51. The van der Waals surface area contributed by atoms with Crippen molar-refractivity contribution < 1.29 is 4.79 Å². The lowest BCUT2D eigenvalue weighted by Gasteiger charge is -2.36. The van der Waals surface area contributed by atoms with E-state index >= 15 is 0 Å². The summed E-state index contributed by atoms with van der Waals surface area (Å²) in [6, 6.07) is 9.26. The van der Waals surface area contributed by atoms with E-state index < -0.39 is 5.41 Å². The van der Waals surface area contributed by atoms with Crippen LogP contribution in [0.2, 0.25) is 5.02 Å². The lowest BCUT2D eigenvalue weighted by atomic mass is 9.74. The summed E-state index contributed by atoms with van der Waals surface area (Å²) in [6.07, 6.45) is 6.23. The van der Waals surface area contributed by atoms with E-state index in [4.69, 9.17) is 11.6 Å². The molecule has 2 bridgehead atoms. The predicted octanol–water partition coefficient (Wildman–Crippen LogP) is 4.22. The zero-order valence-electron chi connectivity index (χ0n) is 14.5. The Bertz CT molecular complexity index is 545. The van der Waals surface area contributed by atoms with Gasteiger partial charge in [0.15, 0.2) is 0 Å². The first-order valence-electron chi connectivity index (χ1n) is 8.90. The van der Waals surface area contributed by atoms with E-state index in [0.29, 0.717) is 23.1 Å². The van der Waals surface area contributed by atoms with Crippen LogP contribution in [0.15, 0.2) is 24.3 Å². The van der Waals surface area contributed by atoms with Crippen LogP contribution in [0.1, 0.15) is 57.9 Å². The lowest BCUT2D eigenvalue weighted by molar-refractivity contribution is -0.128. The third-order valence-electron chi connectivity index (χ3n) is 5.85. The number of hydrogen-bond donors (Lipinski definition) is 2. The molecule has 5 heteroatoms. The van der Waals surface area contributed by atoms with E-state index in [0.717, 1.165) is 31.2 Å². The third kappa shape index (κ3) is 3.74. The van der Waals surface area contributed by atoms with Crippen LogP contribution >= 0.6 is 24.0 Å². The maximum atomic E-state index is 13.2. The fourth-order valence-corrected chi connectivity index (χ4v) is 4.50. The summed E-state index contributed by atoms with van der Waals surface area (Å²) in [5, 5.41) is 7.71. The van der Waals surface area contributed by atoms with Gasteiger partial charge in [0.05, 0.1) is 5.41 Å². The van der Waals surface area contributed by atoms with E-state index in [9.17, 15) is 4.79 Å². The highest BCUT2D eigenvalue weighted by molar-refractivity contribution is 6.30. The van der Waals surface area contributed by atoms with E-state index in [1.54, 1.807) is 0 Å². The van der Waals surface area contributed by atoms with Gasteiger partial charge in [-0.2, -0.15) is 0 Å². The number of carbonyl (C=O) groups excluding carboxylic acids is 1. The normalized spacial score (nSPS) is 25.9. The molecule has 3 rings (SSSR count). The zero-order chi connectivity index (χ0) is 16.4. The van der Waals surface area contributed by atoms with Gasteiger partial charge in [-0.15, -0.1) is 12.4 Å². The summed E-state index contributed by atoms with van der Waals surface area (Å²) in [4.78, 5) is 13.2. The van der Waals surface area contributed by atoms with Gasteiger partial charge in [0.2, 0.25) is 5.91 Å². The quantitative estimate of drug-likeness (QED) is 0.814. The summed E-state index contributed by atoms with van der Waals surface area (Å²) in [6.45, 7) is 4.20. The molecule has 1 aromatic carbocycles. The lowest BCUT2D eigenvalue weighted by Crippen LogP contribution is -2.53. The molecule has 134 valence electrons. The van der Waals surface area contributed by atoms with Crippen LogP contribution < -0.4 is 10.6 Å². The van der Waals surface area contributed by atoms with Crippen LogP contribution in [0, 0.1) is 0 Å². The molecule has 2 unspecified atom stereocenters. The van der Waals surface area contributed by atoms with Crippen molar-refractivity contribution >= 4 is 29.9 Å². The van der Waals surface area contributed by atoms with Crippen molar-refractivity contribution in [2.45, 2.75) is 75.9 Å². The van der Waals surface area contributed by atoms with Gasteiger partial charge >= 0.3 is 0 Å². The number of benzene rings is 1. The molecule has 0 aliphatic carbocycles. The highest BCUT2D eigenvalue weighted by Crippen LogP contribution is 2.34. The second-order valence-electron chi connectivity index (χ2n) is 7.08. The third-order valence-corrected chi connectivity index (χ3v) is 6.10. The molecule has 2 fully saturated rings. The van der Waals surface area contributed by atoms with Crippen molar-refractivity contribution in [1.82, 2.24) is 10.6 Å². The Morgan fingerprint density at radius 2 is 1.71 bits per heavy atom. The van der Waals surface area contributed by atoms with Gasteiger partial charge in [0, 0.05) is 23.1 Å². The molecule has 2 aliphatic heterocycles. The molecule has 1 amide bonds. The molecule has 3 nitrogen and oxygen atoms in total. The number of halogens is 2. The maximum absolute atomic E-state index is 13.2. The van der Waals surface area contributed by atoms with E-state index in [2.05, 4.69) is 24.5 Å². The minimum Gasteiger partial charge on any atom is -0.352 e. The molecule has 24 heavy (non-hydrogen) atoms. The summed E-state index contributed by atoms with van der Waals surface area (Å²) >= 11 is 6.01. The second kappa shape index (κ2) is 8.07. The number of fused-ring (bicyclic) bond motifs is 2. The highest BCUT2D eigenvalue weighted by atomic mass is 35.5. The van der Waals surface area contributed by atoms with Crippen LogP contribution in [-0.4, -0.2) is 24.0 Å². The monoisotopic (exact) mass is 370 g/mol. The first-order valence-corrected chi connectivity index (χ1v) is 9.28. The zero-order valence-corrected chi connectivity index (χ0v) is 16.1. The fraction of sp³-hybridized carbons (Fsp3) is 0.632. The largest absolute Gasteiger partial charge is 0.352 e. The smallest absolute Gasteiger partial charge is 0.230 e. The predicted molar refractivity (Wildman–Crippen MR) is 102 cm³/mol. The van der Waals surface area contributed by atoms with Crippen molar-refractivity contribution in [3.63, 3.8) is 0 Å². The molecular weight excluding hydrogens is 343 g/mol. The average Bonchev–Trinajstić information content (AvgIpc) is 2.89. The van der Waals surface area contributed by atoms with E-state index in [-0.39, 0.29) is 18.3 Å². The van der Waals surface area contributed by atoms with Crippen LogP contribution in [0.25, 0.3) is 0 Å². The summed E-state index contributed by atoms with van der Waals surface area (Å²) in [7, 11) is 0. The first kappa shape index (κ1) is 19.6. The first-order chi connectivity index (χ1) is 11.1. The molecule has 0 aromatic heterocycles. The standard InChI is InChI=1S/C19H27ClN2O.ClH/c1-3-19(4-2,13-5-7-14(20)8-6-13)18(23)22-17-11-15-9-10-16(12-17)21-15;/h5-8,15-17,21H,3-4,9-12H2,1-2H3,(H,22,23);1H. The minimum absolute atomic E-state index is 0. The van der Waals surface area contributed by atoms with Gasteiger partial charge in [-0.1, -0.05) is 37.6 Å². The van der Waals surface area contributed by atoms with Crippen LogP contribution in [0.5, 0.6) is 0 Å². The summed E-state index contributed by atoms with van der Waals surface area (Å²) in [5.74, 6) is 0.177. The van der Waals surface area contributed by atoms with Crippen LogP contribution in [-0.2, 0) is 10.2 Å². The summed E-state index contributed by atoms with van der Waals surface area (Å²) in [5.41, 5.74) is 0.621. The highest BCUT2D eigenvalue weighted by Gasteiger charge is 2.40. The molecule has 2 saturated heterocycles. The molecule has 2 atom stereocenters. The van der Waals surface area contributed by atoms with Gasteiger partial charge in [-0.05, 0) is 56.2 Å². The molecule has 0 saturated carbocycles. The number of piperidine rings is 1. The SMILES string of the molecule is CCC(CC)(C(=O)NC1CC2CCC(C1)N2)c1ccc(Cl)cc1.Cl. The van der Waals surface area contributed by atoms with Gasteiger partial charge in [0.1, 0.15) is 0 Å². The fourth-order valence-electron chi connectivity index (χ4n) is 4.38. The topological polar surface area (TPSA) is 41.1 Å². The molecule has 0 spiro atoms. The Hall–Kier alpha value is -0.770. The molecule has 1 aromatic rings. The van der Waals surface area contributed by atoms with Crippen LogP contribution in [0.4, 0.5) is 0 Å². The molecule has 2 N–H and O–H groups in total. The van der Waals surface area contributed by atoms with Crippen molar-refractivity contribution in [2.75, 3.05) is 0 Å². The average molecular weight is 371 g/mol. The van der Waals surface area contributed by atoms with Gasteiger partial charge < -0.3 is 10.6 Å². The van der Waals surface area contributed by atoms with Crippen LogP contribution in [0.3, 0.4) is 0 Å². The minimum atomic E-state index is -0.450. The van der Waals surface area contributed by atoms with E-state index in [1.807, 2.05) is 24.3 Å². The Morgan fingerprint density at radius 1 is 1.17 bits per heavy atom. The van der Waals surface area contributed by atoms with Crippen molar-refractivity contribution in [3.8, 4) is 0 Å². The molecule has 2 aliphatic rings. The number of nitrogens with one attached hydrogen (secondary N) is 2. The number of rotatable bonds is 5. The van der Waals surface area contributed by atoms with Crippen molar-refractivity contribution in [1.29, 1.82) is 0 Å². The molecular formula is C19H28Cl2N2O. The van der Waals surface area contributed by atoms with Crippen molar-refractivity contribution in [2.24, 2.45) is 0 Å². The number of carbonyl (C=O) groups is 1. The maximum Gasteiger partial charge on any atom is 0.230 e. The number of amides is 1. The van der Waals surface area contributed by atoms with Crippen molar-refractivity contribution in [3.05, 3.63) is 34.9 Å². The Balaban J connectivity index is 0.00000208. The summed E-state index contributed by atoms with van der Waals surface area (Å²) < 4.78 is 0. The Kier molecular flexibility index (Phi) is 6.58. The van der Waals surface area contributed by atoms with Gasteiger partial charge in [0.25, 0.3) is 0 Å². The Labute approximate surface area is 156 Å². The van der Waals surface area contributed by atoms with E-state index in [1.165, 1.54) is 12.8 Å². The number of hydrogen-bond acceptors (Lipinski definition) is 2. The molecule has 2 heterocycles. The van der Waals surface area contributed by atoms with Gasteiger partial charge in [-0.25, -0.2) is 0 Å². The molecule has 0 radical (unpaired) electrons.